The van der Waals surface area contributed by atoms with Gasteiger partial charge in [-0.2, -0.15) is 0 Å². The number of nitrogens with one attached hydrogen (secondary N) is 2. The van der Waals surface area contributed by atoms with E-state index < -0.39 is 22.8 Å². The van der Waals surface area contributed by atoms with Crippen LogP contribution < -0.4 is 16.4 Å². The van der Waals surface area contributed by atoms with Crippen LogP contribution in [0.5, 0.6) is 0 Å². The molecule has 0 aliphatic carbocycles. The minimum Gasteiger partial charge on any atom is -0.368 e. The molecule has 22 heavy (non-hydrogen) atoms. The lowest BCUT2D eigenvalue weighted by Crippen LogP contribution is -2.40. The molecule has 0 saturated carbocycles. The molecule has 8 nitrogen and oxygen atoms in total. The zero-order valence-electron chi connectivity index (χ0n) is 12.8. The number of hydrogen-bond acceptors (Lipinski definition) is 5. The molecule has 0 fully saturated rings. The topological polar surface area (TPSA) is 127 Å². The van der Waals surface area contributed by atoms with E-state index in [0.717, 1.165) is 6.07 Å². The summed E-state index contributed by atoms with van der Waals surface area (Å²) in [6.07, 6.45) is 0.685. The second-order valence-electron chi connectivity index (χ2n) is 4.98. The molecule has 8 heteroatoms. The first kappa shape index (κ1) is 17.4. The average Bonchev–Trinajstić information content (AvgIpc) is 2.50. The van der Waals surface area contributed by atoms with Crippen LogP contribution in [0.15, 0.2) is 18.2 Å². The maximum Gasteiger partial charge on any atom is 0.293 e. The van der Waals surface area contributed by atoms with Gasteiger partial charge in [0.2, 0.25) is 5.91 Å². The molecule has 0 aliphatic rings. The van der Waals surface area contributed by atoms with Crippen LogP contribution in [0.2, 0.25) is 0 Å². The van der Waals surface area contributed by atoms with Gasteiger partial charge in [-0.15, -0.1) is 0 Å². The Kier molecular flexibility index (Phi) is 5.85. The molecule has 1 aromatic rings. The molecule has 0 aliphatic heterocycles. The summed E-state index contributed by atoms with van der Waals surface area (Å²) in [6, 6.07) is 3.29. The fourth-order valence-electron chi connectivity index (χ4n) is 1.99. The number of nitro groups is 1. The Bertz CT molecular complexity index is 588. The Labute approximate surface area is 128 Å². The maximum atomic E-state index is 11.6. The summed E-state index contributed by atoms with van der Waals surface area (Å²) >= 11 is 0. The van der Waals surface area contributed by atoms with Gasteiger partial charge in [0.1, 0.15) is 11.7 Å². The third-order valence-corrected chi connectivity index (χ3v) is 3.51. The number of benzene rings is 1. The Morgan fingerprint density at radius 1 is 1.41 bits per heavy atom. The van der Waals surface area contributed by atoms with Gasteiger partial charge in [-0.3, -0.25) is 19.7 Å². The van der Waals surface area contributed by atoms with Gasteiger partial charge in [-0.25, -0.2) is 0 Å². The van der Waals surface area contributed by atoms with E-state index in [0.29, 0.717) is 6.42 Å². The standard InChI is InChI=1S/C14H20N4O4/c1-4-8(2)12(13(15)19)17-10-6-5-9(14(20)16-3)7-11(10)18(21)22/h5-8,12,17H,4H2,1-3H3,(H2,15,19)(H,16,20)/t8-,12-/m1/s1. The molecule has 0 radical (unpaired) electrons. The van der Waals surface area contributed by atoms with E-state index in [1.807, 2.05) is 13.8 Å². The molecule has 1 rings (SSSR count). The SMILES string of the molecule is CC[C@@H](C)[C@@H](Nc1ccc(C(=O)NC)cc1[N+](=O)[O-])C(N)=O. The number of amides is 2. The van der Waals surface area contributed by atoms with Crippen molar-refractivity contribution in [3.63, 3.8) is 0 Å². The molecule has 0 unspecified atom stereocenters. The third kappa shape index (κ3) is 3.94. The van der Waals surface area contributed by atoms with Crippen LogP contribution in [0.1, 0.15) is 30.6 Å². The zero-order valence-corrected chi connectivity index (χ0v) is 12.8. The number of carbonyl (C=O) groups excluding carboxylic acids is 2. The highest BCUT2D eigenvalue weighted by Crippen LogP contribution is 2.27. The predicted molar refractivity (Wildman–Crippen MR) is 82.5 cm³/mol. The Morgan fingerprint density at radius 3 is 2.50 bits per heavy atom. The van der Waals surface area contributed by atoms with E-state index in [-0.39, 0.29) is 22.9 Å². The van der Waals surface area contributed by atoms with E-state index in [9.17, 15) is 19.7 Å². The van der Waals surface area contributed by atoms with Crippen LogP contribution in [0.4, 0.5) is 11.4 Å². The van der Waals surface area contributed by atoms with Crippen molar-refractivity contribution in [2.75, 3.05) is 12.4 Å². The van der Waals surface area contributed by atoms with Gasteiger partial charge in [0.05, 0.1) is 4.92 Å². The Hall–Kier alpha value is -2.64. The molecule has 0 aromatic heterocycles. The lowest BCUT2D eigenvalue weighted by atomic mass is 9.98. The molecule has 2 atom stereocenters. The summed E-state index contributed by atoms with van der Waals surface area (Å²) in [4.78, 5) is 33.7. The maximum absolute atomic E-state index is 11.6. The summed E-state index contributed by atoms with van der Waals surface area (Å²) in [5.74, 6) is -1.10. The van der Waals surface area contributed by atoms with Gasteiger partial charge in [0.25, 0.3) is 11.6 Å². The largest absolute Gasteiger partial charge is 0.368 e. The molecule has 4 N–H and O–H groups in total. The minimum absolute atomic E-state index is 0.0873. The quantitative estimate of drug-likeness (QED) is 0.516. The number of nitro benzene ring substituents is 1. The highest BCUT2D eigenvalue weighted by molar-refractivity contribution is 5.95. The highest BCUT2D eigenvalue weighted by atomic mass is 16.6. The molecular formula is C14H20N4O4. The minimum atomic E-state index is -0.727. The first-order valence-corrected chi connectivity index (χ1v) is 6.88. The molecule has 2 amide bonds. The Balaban J connectivity index is 3.20. The van der Waals surface area contributed by atoms with E-state index >= 15 is 0 Å². The lowest BCUT2D eigenvalue weighted by molar-refractivity contribution is -0.384. The molecule has 0 saturated heterocycles. The third-order valence-electron chi connectivity index (χ3n) is 3.51. The number of hydrogen-bond donors (Lipinski definition) is 3. The van der Waals surface area contributed by atoms with Crippen LogP contribution in [0.25, 0.3) is 0 Å². The van der Waals surface area contributed by atoms with Crippen molar-refractivity contribution in [3.05, 3.63) is 33.9 Å². The van der Waals surface area contributed by atoms with Crippen molar-refractivity contribution in [1.82, 2.24) is 5.32 Å². The fourth-order valence-corrected chi connectivity index (χ4v) is 1.99. The number of nitrogens with zero attached hydrogens (tertiary/aromatic N) is 1. The molecule has 120 valence electrons. The van der Waals surface area contributed by atoms with Crippen LogP contribution in [-0.4, -0.2) is 29.8 Å². The predicted octanol–water partition coefficient (Wildman–Crippen LogP) is 1.27. The van der Waals surface area contributed by atoms with Gasteiger partial charge >= 0.3 is 0 Å². The summed E-state index contributed by atoms with van der Waals surface area (Å²) in [6.45, 7) is 3.72. The highest BCUT2D eigenvalue weighted by Gasteiger charge is 2.25. The van der Waals surface area contributed by atoms with Crippen molar-refractivity contribution in [3.8, 4) is 0 Å². The summed E-state index contributed by atoms with van der Waals surface area (Å²) in [5, 5.41) is 16.4. The lowest BCUT2D eigenvalue weighted by Gasteiger charge is -2.22. The van der Waals surface area contributed by atoms with Crippen molar-refractivity contribution in [2.45, 2.75) is 26.3 Å². The first-order valence-electron chi connectivity index (χ1n) is 6.88. The number of nitrogens with two attached hydrogens (primary N) is 1. The summed E-state index contributed by atoms with van der Waals surface area (Å²) in [7, 11) is 1.44. The molecule has 0 spiro atoms. The molecule has 0 heterocycles. The van der Waals surface area contributed by atoms with Gasteiger partial charge in [-0.05, 0) is 18.1 Å². The normalized spacial score (nSPS) is 13.0. The monoisotopic (exact) mass is 308 g/mol. The van der Waals surface area contributed by atoms with E-state index in [1.54, 1.807) is 0 Å². The Morgan fingerprint density at radius 2 is 2.05 bits per heavy atom. The van der Waals surface area contributed by atoms with Crippen molar-refractivity contribution in [1.29, 1.82) is 0 Å². The van der Waals surface area contributed by atoms with Crippen molar-refractivity contribution < 1.29 is 14.5 Å². The van der Waals surface area contributed by atoms with E-state index in [1.165, 1.54) is 19.2 Å². The van der Waals surface area contributed by atoms with E-state index in [2.05, 4.69) is 10.6 Å². The second-order valence-corrected chi connectivity index (χ2v) is 4.98. The smallest absolute Gasteiger partial charge is 0.293 e. The summed E-state index contributed by atoms with van der Waals surface area (Å²) < 4.78 is 0. The van der Waals surface area contributed by atoms with Gasteiger partial charge < -0.3 is 16.4 Å². The molecule has 0 bridgehead atoms. The average molecular weight is 308 g/mol. The van der Waals surface area contributed by atoms with E-state index in [4.69, 9.17) is 5.73 Å². The number of anilines is 1. The number of primary amides is 1. The summed E-state index contributed by atoms with van der Waals surface area (Å²) in [5.41, 5.74) is 5.39. The fraction of sp³-hybridized carbons (Fsp3) is 0.429. The van der Waals surface area contributed by atoms with Crippen LogP contribution in [0.3, 0.4) is 0 Å². The zero-order chi connectivity index (χ0) is 16.9. The second kappa shape index (κ2) is 7.39. The number of rotatable bonds is 7. The van der Waals surface area contributed by atoms with Crippen molar-refractivity contribution >= 4 is 23.2 Å². The van der Waals surface area contributed by atoms with Crippen LogP contribution in [0, 0.1) is 16.0 Å². The van der Waals surface area contributed by atoms with Gasteiger partial charge in [-0.1, -0.05) is 20.3 Å². The number of carbonyl (C=O) groups is 2. The van der Waals surface area contributed by atoms with Crippen molar-refractivity contribution in [2.24, 2.45) is 11.7 Å². The first-order chi connectivity index (χ1) is 10.3. The van der Waals surface area contributed by atoms with Crippen LogP contribution in [-0.2, 0) is 4.79 Å². The van der Waals surface area contributed by atoms with Crippen LogP contribution >= 0.6 is 0 Å². The van der Waals surface area contributed by atoms with Gasteiger partial charge in [0, 0.05) is 18.7 Å². The molecule has 1 aromatic carbocycles. The van der Waals surface area contributed by atoms with Gasteiger partial charge in [0.15, 0.2) is 0 Å². The molecular weight excluding hydrogens is 288 g/mol.